The SMILES string of the molecule is CCN(C(C)Cc1ccc(-n2ccc(NC(=O)N3CCN(C(=O)C(C)(C)N)CC3)nc2=O)cc1)[C@H]1CC[C@@H](N)CC1.Cl. The van der Waals surface area contributed by atoms with Crippen molar-refractivity contribution in [3.8, 4) is 5.69 Å². The summed E-state index contributed by atoms with van der Waals surface area (Å²) in [5.41, 5.74) is 12.5. The van der Waals surface area contributed by atoms with Gasteiger partial charge in [-0.3, -0.25) is 19.6 Å². The number of benzene rings is 1. The van der Waals surface area contributed by atoms with Crippen molar-refractivity contribution in [2.75, 3.05) is 38.0 Å². The molecule has 42 heavy (non-hydrogen) atoms. The molecule has 1 aliphatic heterocycles. The number of nitrogens with zero attached hydrogens (tertiary/aromatic N) is 5. The van der Waals surface area contributed by atoms with Gasteiger partial charge in [0.05, 0.1) is 11.2 Å². The highest BCUT2D eigenvalue weighted by atomic mass is 35.5. The van der Waals surface area contributed by atoms with E-state index >= 15 is 0 Å². The molecule has 1 saturated carbocycles. The second kappa shape index (κ2) is 14.5. The van der Waals surface area contributed by atoms with Crippen LogP contribution >= 0.6 is 12.4 Å². The van der Waals surface area contributed by atoms with Gasteiger partial charge in [-0.15, -0.1) is 12.4 Å². The van der Waals surface area contributed by atoms with Crippen LogP contribution in [0.25, 0.3) is 5.69 Å². The van der Waals surface area contributed by atoms with Gasteiger partial charge < -0.3 is 21.3 Å². The molecular weight excluding hydrogens is 556 g/mol. The van der Waals surface area contributed by atoms with E-state index in [-0.39, 0.29) is 30.2 Å². The molecule has 0 bridgehead atoms. The Labute approximate surface area is 255 Å². The zero-order valence-corrected chi connectivity index (χ0v) is 26.1. The van der Waals surface area contributed by atoms with E-state index in [9.17, 15) is 14.4 Å². The fourth-order valence-corrected chi connectivity index (χ4v) is 5.99. The number of urea groups is 1. The van der Waals surface area contributed by atoms with Gasteiger partial charge in [0.1, 0.15) is 5.82 Å². The largest absolute Gasteiger partial charge is 0.354 e. The molecule has 11 nitrogen and oxygen atoms in total. The molecule has 1 atom stereocenters. The first-order valence-corrected chi connectivity index (χ1v) is 14.8. The standard InChI is InChI=1S/C30H46N8O3.ClH/c1-5-37(24-12-8-23(31)9-13-24)21(2)20-22-6-10-25(11-7-22)38-15-14-26(34-29(38)41)33-28(40)36-18-16-35(17-19-36)27(39)30(3,4)32;/h6-7,10-11,14-15,21,23-24H,5,8-9,12-13,16-20,31-32H2,1-4H3,(H,33,34,40,41);1H/t21?,23-,24+;. The lowest BCUT2D eigenvalue weighted by Crippen LogP contribution is -2.58. The monoisotopic (exact) mass is 602 g/mol. The minimum absolute atomic E-state index is 0. The minimum atomic E-state index is -0.947. The number of likely N-dealkylation sites (N-methyl/N-ethyl adjacent to an activating group) is 1. The van der Waals surface area contributed by atoms with Crippen LogP contribution in [0.1, 0.15) is 58.9 Å². The molecule has 12 heteroatoms. The Balaban J connectivity index is 0.00000484. The lowest BCUT2D eigenvalue weighted by Gasteiger charge is -2.39. The highest BCUT2D eigenvalue weighted by Crippen LogP contribution is 2.25. The van der Waals surface area contributed by atoms with Crippen LogP contribution in [-0.2, 0) is 11.2 Å². The van der Waals surface area contributed by atoms with Gasteiger partial charge in [0.15, 0.2) is 0 Å². The average molecular weight is 603 g/mol. The third-order valence-electron chi connectivity index (χ3n) is 8.33. The van der Waals surface area contributed by atoms with Gasteiger partial charge in [-0.2, -0.15) is 4.98 Å². The maximum atomic E-state index is 12.8. The number of rotatable bonds is 8. The van der Waals surface area contributed by atoms with Crippen molar-refractivity contribution in [2.45, 2.75) is 83.5 Å². The van der Waals surface area contributed by atoms with Crippen LogP contribution in [0.3, 0.4) is 0 Å². The van der Waals surface area contributed by atoms with Crippen molar-refractivity contribution in [1.82, 2.24) is 24.3 Å². The van der Waals surface area contributed by atoms with Gasteiger partial charge in [-0.25, -0.2) is 9.59 Å². The quantitative estimate of drug-likeness (QED) is 0.421. The second-order valence-corrected chi connectivity index (χ2v) is 12.0. The molecule has 2 heterocycles. The number of aromatic nitrogens is 2. The predicted molar refractivity (Wildman–Crippen MR) is 168 cm³/mol. The fraction of sp³-hybridized carbons (Fsp3) is 0.600. The van der Waals surface area contributed by atoms with Crippen LogP contribution in [0.2, 0.25) is 0 Å². The summed E-state index contributed by atoms with van der Waals surface area (Å²) in [5.74, 6) is 0.0463. The van der Waals surface area contributed by atoms with Crippen LogP contribution in [-0.4, -0.2) is 92.6 Å². The number of carbonyl (C=O) groups is 2. The van der Waals surface area contributed by atoms with Crippen molar-refractivity contribution in [3.63, 3.8) is 0 Å². The summed E-state index contributed by atoms with van der Waals surface area (Å²) in [7, 11) is 0. The number of carbonyl (C=O) groups excluding carboxylic acids is 2. The maximum absolute atomic E-state index is 12.8. The zero-order valence-electron chi connectivity index (χ0n) is 25.3. The molecule has 1 aliphatic carbocycles. The van der Waals surface area contributed by atoms with E-state index in [1.807, 2.05) is 12.1 Å². The molecular formula is C30H47ClN8O3. The average Bonchev–Trinajstić information content (AvgIpc) is 2.94. The van der Waals surface area contributed by atoms with Crippen LogP contribution in [0, 0.1) is 0 Å². The summed E-state index contributed by atoms with van der Waals surface area (Å²) in [4.78, 5) is 47.9. The molecule has 1 aromatic carbocycles. The van der Waals surface area contributed by atoms with Crippen LogP contribution < -0.4 is 22.5 Å². The van der Waals surface area contributed by atoms with E-state index in [1.54, 1.807) is 35.9 Å². The number of amides is 3. The summed E-state index contributed by atoms with van der Waals surface area (Å²) in [6.45, 7) is 10.4. The first-order valence-electron chi connectivity index (χ1n) is 14.8. The minimum Gasteiger partial charge on any atom is -0.338 e. The van der Waals surface area contributed by atoms with E-state index < -0.39 is 11.2 Å². The Bertz CT molecular complexity index is 1250. The van der Waals surface area contributed by atoms with Crippen LogP contribution in [0.5, 0.6) is 0 Å². The number of piperazine rings is 1. The summed E-state index contributed by atoms with van der Waals surface area (Å²) in [6.07, 6.45) is 7.07. The van der Waals surface area contributed by atoms with E-state index in [1.165, 1.54) is 10.1 Å². The summed E-state index contributed by atoms with van der Waals surface area (Å²) in [5, 5.41) is 2.70. The molecule has 5 N–H and O–H groups in total. The van der Waals surface area contributed by atoms with Gasteiger partial charge in [0.25, 0.3) is 0 Å². The predicted octanol–water partition coefficient (Wildman–Crippen LogP) is 2.59. The second-order valence-electron chi connectivity index (χ2n) is 12.0. The Kier molecular flexibility index (Phi) is 11.5. The fourth-order valence-electron chi connectivity index (χ4n) is 5.99. The van der Waals surface area contributed by atoms with Gasteiger partial charge in [0.2, 0.25) is 5.91 Å². The molecule has 2 aliphatic rings. The Hall–Kier alpha value is -2.99. The maximum Gasteiger partial charge on any atom is 0.354 e. The molecule has 1 saturated heterocycles. The number of anilines is 1. The lowest BCUT2D eigenvalue weighted by atomic mass is 9.89. The molecule has 4 rings (SSSR count). The summed E-state index contributed by atoms with van der Waals surface area (Å²) >= 11 is 0. The molecule has 0 spiro atoms. The van der Waals surface area contributed by atoms with Crippen molar-refractivity contribution >= 4 is 30.2 Å². The van der Waals surface area contributed by atoms with E-state index in [0.717, 1.165) is 38.6 Å². The number of halogens is 1. The highest BCUT2D eigenvalue weighted by molar-refractivity contribution is 5.89. The van der Waals surface area contributed by atoms with Crippen molar-refractivity contribution < 1.29 is 9.59 Å². The van der Waals surface area contributed by atoms with Crippen molar-refractivity contribution in [2.24, 2.45) is 11.5 Å². The first kappa shape index (κ1) is 33.5. The first-order chi connectivity index (χ1) is 19.5. The number of hydrogen-bond acceptors (Lipinski definition) is 7. The summed E-state index contributed by atoms with van der Waals surface area (Å²) < 4.78 is 1.46. The van der Waals surface area contributed by atoms with Gasteiger partial charge >= 0.3 is 11.7 Å². The molecule has 232 valence electrons. The van der Waals surface area contributed by atoms with Crippen LogP contribution in [0.15, 0.2) is 41.3 Å². The smallest absolute Gasteiger partial charge is 0.338 e. The van der Waals surface area contributed by atoms with Gasteiger partial charge in [-0.05, 0) is 83.2 Å². The molecule has 3 amide bonds. The number of hydrogen-bond donors (Lipinski definition) is 3. The topological polar surface area (TPSA) is 143 Å². The van der Waals surface area contributed by atoms with Gasteiger partial charge in [-0.1, -0.05) is 19.1 Å². The molecule has 1 aromatic heterocycles. The van der Waals surface area contributed by atoms with E-state index in [4.69, 9.17) is 11.5 Å². The number of nitrogens with two attached hydrogens (primary N) is 2. The third kappa shape index (κ3) is 8.31. The summed E-state index contributed by atoms with van der Waals surface area (Å²) in [6, 6.07) is 10.6. The van der Waals surface area contributed by atoms with Crippen molar-refractivity contribution in [3.05, 3.63) is 52.6 Å². The third-order valence-corrected chi connectivity index (χ3v) is 8.33. The lowest BCUT2D eigenvalue weighted by molar-refractivity contribution is -0.137. The highest BCUT2D eigenvalue weighted by Gasteiger charge is 2.31. The van der Waals surface area contributed by atoms with E-state index in [0.29, 0.717) is 50.0 Å². The number of nitrogens with one attached hydrogen (secondary N) is 1. The van der Waals surface area contributed by atoms with Crippen LogP contribution in [0.4, 0.5) is 10.6 Å². The normalized spacial score (nSPS) is 20.2. The molecule has 2 fully saturated rings. The van der Waals surface area contributed by atoms with E-state index in [2.05, 4.69) is 41.2 Å². The molecule has 2 aromatic rings. The Morgan fingerprint density at radius 1 is 1.05 bits per heavy atom. The Morgan fingerprint density at radius 3 is 2.19 bits per heavy atom. The van der Waals surface area contributed by atoms with Crippen molar-refractivity contribution in [1.29, 1.82) is 0 Å². The zero-order chi connectivity index (χ0) is 29.7. The molecule has 0 radical (unpaired) electrons. The molecule has 1 unspecified atom stereocenters. The van der Waals surface area contributed by atoms with Gasteiger partial charge in [0, 0.05) is 50.5 Å². The Morgan fingerprint density at radius 2 is 1.64 bits per heavy atom.